The fourth-order valence-corrected chi connectivity index (χ4v) is 8.82. The van der Waals surface area contributed by atoms with Crippen molar-refractivity contribution in [2.75, 3.05) is 19.7 Å². The Labute approximate surface area is 299 Å². The molecule has 3 aliphatic heterocycles. The van der Waals surface area contributed by atoms with Crippen molar-refractivity contribution in [3.63, 3.8) is 0 Å². The molecule has 2 saturated carbocycles. The monoisotopic (exact) mass is 755 g/mol. The Morgan fingerprint density at radius 1 is 0.981 bits per heavy atom. The summed E-state index contributed by atoms with van der Waals surface area (Å²) in [5.41, 5.74) is 0.522. The van der Waals surface area contributed by atoms with Crippen molar-refractivity contribution in [3.8, 4) is 0 Å². The number of hydrogen-bond donors (Lipinski definition) is 3. The van der Waals surface area contributed by atoms with E-state index in [-0.39, 0.29) is 31.7 Å². The molecule has 4 fully saturated rings. The zero-order valence-corrected chi connectivity index (χ0v) is 29.4. The van der Waals surface area contributed by atoms with Gasteiger partial charge in [-0.1, -0.05) is 56.4 Å². The van der Waals surface area contributed by atoms with Crippen LogP contribution in [0.4, 0.5) is 22.8 Å². The number of carbonyl (C=O) groups is 5. The number of hydrogen-bond acceptors (Lipinski definition) is 9. The highest BCUT2D eigenvalue weighted by Gasteiger charge is 2.62. The summed E-state index contributed by atoms with van der Waals surface area (Å²) >= 11 is 0. The number of sulfonamides is 1. The van der Waals surface area contributed by atoms with Gasteiger partial charge in [0.1, 0.15) is 23.7 Å². The molecule has 3 heterocycles. The van der Waals surface area contributed by atoms with E-state index in [0.29, 0.717) is 58.0 Å². The zero-order chi connectivity index (χ0) is 37.3. The van der Waals surface area contributed by atoms with Gasteiger partial charge in [-0.2, -0.15) is 13.2 Å². The van der Waals surface area contributed by atoms with Crippen LogP contribution in [0.15, 0.2) is 24.3 Å². The maximum atomic E-state index is 14.1. The average molecular weight is 756 g/mol. The Morgan fingerprint density at radius 3 is 2.38 bits per heavy atom. The van der Waals surface area contributed by atoms with E-state index >= 15 is 0 Å². The van der Waals surface area contributed by atoms with Crippen LogP contribution in [0, 0.1) is 5.92 Å². The summed E-state index contributed by atoms with van der Waals surface area (Å²) in [4.78, 5) is 70.3. The van der Waals surface area contributed by atoms with Crippen LogP contribution in [0.1, 0.15) is 81.8 Å². The molecule has 0 aromatic heterocycles. The fraction of sp³-hybridized carbons (Fsp3) is 0.676. The molecule has 52 heavy (non-hydrogen) atoms. The summed E-state index contributed by atoms with van der Waals surface area (Å²) < 4.78 is 76.1. The summed E-state index contributed by atoms with van der Waals surface area (Å²) in [6.07, 6.45) is -2.68. The smallest absolute Gasteiger partial charge is 0.422 e. The van der Waals surface area contributed by atoms with E-state index in [1.54, 1.807) is 0 Å². The lowest BCUT2D eigenvalue weighted by molar-refractivity contribution is -0.160. The number of rotatable bonds is 6. The van der Waals surface area contributed by atoms with Crippen LogP contribution in [0.25, 0.3) is 0 Å². The van der Waals surface area contributed by atoms with Gasteiger partial charge in [0.05, 0.1) is 11.8 Å². The highest BCUT2D eigenvalue weighted by molar-refractivity contribution is 7.91. The molecule has 6 rings (SSSR count). The molecule has 286 valence electrons. The Morgan fingerprint density at radius 2 is 1.67 bits per heavy atom. The second-order valence-electron chi connectivity index (χ2n) is 14.5. The minimum Gasteiger partial charge on any atom is -0.444 e. The lowest BCUT2D eigenvalue weighted by atomic mass is 10.0. The van der Waals surface area contributed by atoms with Gasteiger partial charge < -0.3 is 29.9 Å². The molecule has 0 radical (unpaired) electrons. The normalized spacial score (nSPS) is 28.5. The molecule has 18 heteroatoms. The lowest BCUT2D eigenvalue weighted by Gasteiger charge is -2.30. The number of alkyl carbamates (subject to hydrolysis) is 1. The van der Waals surface area contributed by atoms with Crippen LogP contribution in [-0.2, 0) is 46.8 Å². The lowest BCUT2D eigenvalue weighted by Crippen LogP contribution is -2.58. The molecule has 5 amide bonds. The van der Waals surface area contributed by atoms with Gasteiger partial charge in [0.2, 0.25) is 21.8 Å². The van der Waals surface area contributed by atoms with Crippen LogP contribution in [0.2, 0.25) is 0 Å². The van der Waals surface area contributed by atoms with Crippen molar-refractivity contribution >= 4 is 39.9 Å². The van der Waals surface area contributed by atoms with Gasteiger partial charge in [0.15, 0.2) is 6.61 Å². The summed E-state index contributed by atoms with van der Waals surface area (Å²) in [5, 5.41) is 4.31. The highest BCUT2D eigenvalue weighted by atomic mass is 32.2. The van der Waals surface area contributed by atoms with Gasteiger partial charge in [-0.05, 0) is 55.6 Å². The largest absolute Gasteiger partial charge is 0.444 e. The van der Waals surface area contributed by atoms with Gasteiger partial charge in [-0.3, -0.25) is 19.1 Å². The Bertz CT molecular complexity index is 1670. The number of carbonyl (C=O) groups excluding carboxylic acids is 5. The average Bonchev–Trinajstić information content (AvgIpc) is 4.02. The van der Waals surface area contributed by atoms with Crippen LogP contribution < -0.4 is 15.4 Å². The Hall–Kier alpha value is -4.09. The van der Waals surface area contributed by atoms with E-state index in [9.17, 15) is 45.6 Å². The van der Waals surface area contributed by atoms with Crippen LogP contribution in [-0.4, -0.2) is 103 Å². The van der Waals surface area contributed by atoms with E-state index in [1.807, 2.05) is 24.3 Å². The highest BCUT2D eigenvalue weighted by Crippen LogP contribution is 2.48. The molecular formula is C34H44F3N5O9S. The SMILES string of the molecule is O=C(N[C@H]1CCCCCCC[C@@H]2C[C@@]2(C(=O)NS(=O)(=O)C2CC2)NC(=O)[C@@H]2C[C@@H](OC(=O)N3CCc4ccccc4C3)CN2C1=O)OCC(F)(F)F. The maximum Gasteiger partial charge on any atom is 0.422 e. The number of fused-ring (bicyclic) bond motifs is 3. The van der Waals surface area contributed by atoms with Crippen molar-refractivity contribution in [2.24, 2.45) is 5.92 Å². The third kappa shape index (κ3) is 8.92. The number of amides is 5. The fourth-order valence-electron chi connectivity index (χ4n) is 7.45. The number of benzene rings is 1. The predicted molar refractivity (Wildman–Crippen MR) is 177 cm³/mol. The topological polar surface area (TPSA) is 181 Å². The first-order valence-corrected chi connectivity index (χ1v) is 19.4. The van der Waals surface area contributed by atoms with Crippen LogP contribution >= 0.6 is 0 Å². The third-order valence-electron chi connectivity index (χ3n) is 10.6. The molecule has 2 saturated heterocycles. The molecule has 5 atom stereocenters. The second-order valence-corrected chi connectivity index (χ2v) is 16.4. The predicted octanol–water partition coefficient (Wildman–Crippen LogP) is 3.04. The van der Waals surface area contributed by atoms with E-state index in [1.165, 1.54) is 4.90 Å². The summed E-state index contributed by atoms with van der Waals surface area (Å²) in [6, 6.07) is 4.97. The third-order valence-corrected chi connectivity index (χ3v) is 12.4. The standard InChI is InChI=1S/C34H44F3N5O9S/c35-34(36,37)20-50-31(46)38-26-11-5-3-1-2-4-10-23-17-33(23,30(45)40-52(48,49)25-12-13-25)39-28(43)27-16-24(19-42(27)29(26)44)51-32(47)41-15-14-21-8-6-7-9-22(21)18-41/h6-9,23-27H,1-5,10-20H2,(H,38,46)(H,39,43)(H,40,45)/t23-,24-,26+,27+,33-/m1/s1. The minimum absolute atomic E-state index is 0.0381. The van der Waals surface area contributed by atoms with Crippen molar-refractivity contribution in [3.05, 3.63) is 35.4 Å². The van der Waals surface area contributed by atoms with Gasteiger partial charge in [-0.25, -0.2) is 18.0 Å². The molecular weight excluding hydrogens is 711 g/mol. The molecule has 14 nitrogen and oxygen atoms in total. The minimum atomic E-state index is -4.80. The van der Waals surface area contributed by atoms with E-state index in [2.05, 4.69) is 20.1 Å². The van der Waals surface area contributed by atoms with Gasteiger partial charge in [-0.15, -0.1) is 0 Å². The van der Waals surface area contributed by atoms with Gasteiger partial charge >= 0.3 is 18.4 Å². The van der Waals surface area contributed by atoms with E-state index in [0.717, 1.165) is 28.9 Å². The van der Waals surface area contributed by atoms with Crippen LogP contribution in [0.5, 0.6) is 0 Å². The number of ether oxygens (including phenoxy) is 2. The molecule has 0 bridgehead atoms. The summed E-state index contributed by atoms with van der Waals surface area (Å²) in [6.45, 7) is -1.47. The van der Waals surface area contributed by atoms with Crippen molar-refractivity contribution in [2.45, 2.75) is 119 Å². The zero-order valence-electron chi connectivity index (χ0n) is 28.6. The molecule has 3 N–H and O–H groups in total. The first kappa shape index (κ1) is 37.7. The number of nitrogens with one attached hydrogen (secondary N) is 3. The maximum absolute atomic E-state index is 14.1. The molecule has 2 aliphatic carbocycles. The molecule has 1 aromatic carbocycles. The second kappa shape index (κ2) is 15.1. The van der Waals surface area contributed by atoms with Crippen molar-refractivity contribution < 1.29 is 55.0 Å². The summed E-state index contributed by atoms with van der Waals surface area (Å²) in [7, 11) is -3.94. The molecule has 0 spiro atoms. The quantitative estimate of drug-likeness (QED) is 0.394. The Balaban J connectivity index is 1.23. The molecule has 0 unspecified atom stereocenters. The van der Waals surface area contributed by atoms with Crippen molar-refractivity contribution in [1.29, 1.82) is 0 Å². The molecule has 1 aromatic rings. The first-order chi connectivity index (χ1) is 24.6. The van der Waals surface area contributed by atoms with Crippen LogP contribution in [0.3, 0.4) is 0 Å². The number of halogens is 3. The molecule has 5 aliphatic rings. The van der Waals surface area contributed by atoms with E-state index in [4.69, 9.17) is 4.74 Å². The van der Waals surface area contributed by atoms with E-state index < -0.39 is 81.7 Å². The van der Waals surface area contributed by atoms with Crippen molar-refractivity contribution in [1.82, 2.24) is 25.2 Å². The first-order valence-electron chi connectivity index (χ1n) is 17.9. The number of nitrogens with zero attached hydrogens (tertiary/aromatic N) is 2. The summed E-state index contributed by atoms with van der Waals surface area (Å²) in [5.74, 6) is -2.78. The van der Waals surface area contributed by atoms with Gasteiger partial charge in [0.25, 0.3) is 5.91 Å². The van der Waals surface area contributed by atoms with Gasteiger partial charge in [0, 0.05) is 19.5 Å². The Kier molecular flexibility index (Phi) is 10.9. The number of alkyl halides is 3.